The molecule has 32 heavy (non-hydrogen) atoms. The fourth-order valence-corrected chi connectivity index (χ4v) is 5.74. The van der Waals surface area contributed by atoms with Crippen LogP contribution in [0.5, 0.6) is 0 Å². The van der Waals surface area contributed by atoms with Gasteiger partial charge in [0.15, 0.2) is 11.5 Å². The number of allylic oxidation sites excluding steroid dienone is 1. The molecule has 0 N–H and O–H groups in total. The number of esters is 2. The molecule has 11 heteroatoms. The van der Waals surface area contributed by atoms with Crippen molar-refractivity contribution in [3.63, 3.8) is 0 Å². The van der Waals surface area contributed by atoms with Crippen LogP contribution in [-0.4, -0.2) is 50.0 Å². The Balaban J connectivity index is 1.85. The zero-order valence-corrected chi connectivity index (χ0v) is 18.3. The summed E-state index contributed by atoms with van der Waals surface area (Å²) in [6.45, 7) is 3.63. The van der Waals surface area contributed by atoms with Gasteiger partial charge in [0.2, 0.25) is 17.8 Å². The molecule has 0 aromatic carbocycles. The molecule has 3 saturated heterocycles. The van der Waals surface area contributed by atoms with Crippen LogP contribution in [0.15, 0.2) is 11.3 Å². The summed E-state index contributed by atoms with van der Waals surface area (Å²) >= 11 is 0. The lowest BCUT2D eigenvalue weighted by atomic mass is 9.58. The summed E-state index contributed by atoms with van der Waals surface area (Å²) in [6.07, 6.45) is -4.78. The van der Waals surface area contributed by atoms with Crippen LogP contribution in [0.1, 0.15) is 46.0 Å². The van der Waals surface area contributed by atoms with E-state index in [9.17, 15) is 22.8 Å². The van der Waals surface area contributed by atoms with Gasteiger partial charge in [0.1, 0.15) is 0 Å². The van der Waals surface area contributed by atoms with E-state index in [0.717, 1.165) is 14.2 Å². The highest BCUT2D eigenvalue weighted by atomic mass is 19.4. The summed E-state index contributed by atoms with van der Waals surface area (Å²) in [4.78, 5) is 36.0. The number of methoxy groups -OCH3 is 2. The van der Waals surface area contributed by atoms with Gasteiger partial charge in [-0.1, -0.05) is 6.92 Å². The molecule has 0 aromatic heterocycles. The summed E-state index contributed by atoms with van der Waals surface area (Å²) in [5, 5.41) is 0. The molecule has 0 radical (unpaired) electrons. The molecule has 4 aliphatic heterocycles. The van der Waals surface area contributed by atoms with Gasteiger partial charge in [-0.2, -0.15) is 13.2 Å². The van der Waals surface area contributed by atoms with E-state index in [0.29, 0.717) is 25.7 Å². The van der Waals surface area contributed by atoms with E-state index in [1.165, 1.54) is 0 Å². The number of carbonyl (C=O) groups is 2. The Morgan fingerprint density at radius 2 is 1.78 bits per heavy atom. The fraction of sp³-hybridized carbons (Fsp3) is 0.810. The Labute approximate surface area is 183 Å². The smallest absolute Gasteiger partial charge is 0.448 e. The van der Waals surface area contributed by atoms with Crippen LogP contribution in [0.4, 0.5) is 13.2 Å². The van der Waals surface area contributed by atoms with Gasteiger partial charge in [0.25, 0.3) is 0 Å². The number of ether oxygens (including phenoxy) is 4. The molecule has 180 valence electrons. The van der Waals surface area contributed by atoms with Crippen molar-refractivity contribution in [3.05, 3.63) is 11.3 Å². The molecule has 6 atom stereocenters. The highest BCUT2D eigenvalue weighted by Gasteiger charge is 2.70. The van der Waals surface area contributed by atoms with Gasteiger partial charge in [-0.05, 0) is 44.1 Å². The minimum Gasteiger partial charge on any atom is -0.468 e. The van der Waals surface area contributed by atoms with Crippen molar-refractivity contribution in [2.24, 2.45) is 23.7 Å². The van der Waals surface area contributed by atoms with E-state index in [1.807, 2.05) is 6.92 Å². The maximum Gasteiger partial charge on any atom is 0.448 e. The molecular formula is C21H27F3O8. The second-order valence-electron chi connectivity index (χ2n) is 9.13. The number of hydrogen-bond donors (Lipinski definition) is 0. The van der Waals surface area contributed by atoms with Gasteiger partial charge in [-0.25, -0.2) is 9.78 Å². The van der Waals surface area contributed by atoms with E-state index in [-0.39, 0.29) is 17.4 Å². The first-order valence-corrected chi connectivity index (χ1v) is 10.6. The van der Waals surface area contributed by atoms with Crippen LogP contribution in [0, 0.1) is 23.7 Å². The van der Waals surface area contributed by atoms with Crippen LogP contribution in [0.25, 0.3) is 0 Å². The largest absolute Gasteiger partial charge is 0.468 e. The van der Waals surface area contributed by atoms with E-state index in [1.54, 1.807) is 6.92 Å². The quantitative estimate of drug-likeness (QED) is 0.355. The third-order valence-corrected chi connectivity index (χ3v) is 7.31. The zero-order valence-electron chi connectivity index (χ0n) is 18.3. The number of fused-ring (bicyclic) bond motifs is 2. The molecule has 0 amide bonds. The van der Waals surface area contributed by atoms with Crippen LogP contribution in [-0.2, 0) is 38.3 Å². The van der Waals surface area contributed by atoms with Gasteiger partial charge in [-0.3, -0.25) is 9.59 Å². The standard InChI is InChI=1S/C21H27F3O8/c1-10-5-6-14-11(9-12(16(25)27-3)17(26)28-4)15(21(22,23)24)29-18-20(14)13(10)7-8-19(2,30-18)31-32-20/h10,12-14,18H,5-9H2,1-4H3/t10-,13+,14+,18-,19-,20-/m1/s1. The fourth-order valence-electron chi connectivity index (χ4n) is 5.74. The van der Waals surface area contributed by atoms with Crippen LogP contribution < -0.4 is 0 Å². The van der Waals surface area contributed by atoms with Crippen LogP contribution >= 0.6 is 0 Å². The number of carbonyl (C=O) groups excluding carboxylic acids is 2. The van der Waals surface area contributed by atoms with Crippen molar-refractivity contribution in [1.29, 1.82) is 0 Å². The molecule has 1 aliphatic carbocycles. The SMILES string of the molecule is COC(=O)C(CC1=C(C(F)(F)F)O[C@@H]2O[C@@]3(C)CC[C@H]4[C@H](C)CC[C@@H]1[C@@]24OO3)C(=O)OC. The molecule has 8 nitrogen and oxygen atoms in total. The highest BCUT2D eigenvalue weighted by Crippen LogP contribution is 2.62. The number of halogens is 3. The zero-order chi connectivity index (χ0) is 23.5. The number of alkyl halides is 3. The average molecular weight is 464 g/mol. The second kappa shape index (κ2) is 7.88. The minimum atomic E-state index is -4.87. The summed E-state index contributed by atoms with van der Waals surface area (Å²) in [7, 11) is 2.11. The molecule has 1 spiro atoms. The first kappa shape index (κ1) is 23.3. The van der Waals surface area contributed by atoms with E-state index < -0.39 is 59.8 Å². The third kappa shape index (κ3) is 3.49. The van der Waals surface area contributed by atoms with Crippen molar-refractivity contribution in [3.8, 4) is 0 Å². The van der Waals surface area contributed by atoms with E-state index in [2.05, 4.69) is 9.47 Å². The monoisotopic (exact) mass is 464 g/mol. The maximum atomic E-state index is 14.2. The van der Waals surface area contributed by atoms with Gasteiger partial charge in [0.05, 0.1) is 14.2 Å². The first-order valence-electron chi connectivity index (χ1n) is 10.6. The Kier molecular flexibility index (Phi) is 5.74. The van der Waals surface area contributed by atoms with Crippen molar-refractivity contribution >= 4 is 11.9 Å². The van der Waals surface area contributed by atoms with E-state index in [4.69, 9.17) is 19.2 Å². The highest BCUT2D eigenvalue weighted by molar-refractivity contribution is 5.95. The lowest BCUT2D eigenvalue weighted by molar-refractivity contribution is -0.557. The van der Waals surface area contributed by atoms with Crippen molar-refractivity contribution in [1.82, 2.24) is 0 Å². The van der Waals surface area contributed by atoms with Gasteiger partial charge < -0.3 is 18.9 Å². The predicted molar refractivity (Wildman–Crippen MR) is 99.1 cm³/mol. The molecule has 4 heterocycles. The molecule has 0 aromatic rings. The molecule has 0 unspecified atom stereocenters. The Morgan fingerprint density at radius 3 is 2.38 bits per heavy atom. The average Bonchev–Trinajstić information content (AvgIpc) is 2.97. The van der Waals surface area contributed by atoms with E-state index >= 15 is 0 Å². The lowest BCUT2D eigenvalue weighted by Gasteiger charge is -2.57. The van der Waals surface area contributed by atoms with Gasteiger partial charge >= 0.3 is 18.1 Å². The predicted octanol–water partition coefficient (Wildman–Crippen LogP) is 3.40. The summed E-state index contributed by atoms with van der Waals surface area (Å²) in [5.74, 6) is -6.96. The van der Waals surface area contributed by atoms with Gasteiger partial charge in [-0.15, -0.1) is 0 Å². The Bertz CT molecular complexity index is 810. The third-order valence-electron chi connectivity index (χ3n) is 7.31. The topological polar surface area (TPSA) is 89.5 Å². The molecule has 1 saturated carbocycles. The normalized spacial score (nSPS) is 38.6. The van der Waals surface area contributed by atoms with Crippen molar-refractivity contribution in [2.75, 3.05) is 14.2 Å². The van der Waals surface area contributed by atoms with Crippen molar-refractivity contribution < 1.29 is 51.5 Å². The van der Waals surface area contributed by atoms with Crippen LogP contribution in [0.2, 0.25) is 0 Å². The number of rotatable bonds is 4. The lowest BCUT2D eigenvalue weighted by Crippen LogP contribution is -2.67. The second-order valence-corrected chi connectivity index (χ2v) is 9.13. The summed E-state index contributed by atoms with van der Waals surface area (Å²) in [5.41, 5.74) is -1.56. The summed E-state index contributed by atoms with van der Waals surface area (Å²) in [6, 6.07) is 0. The van der Waals surface area contributed by atoms with Crippen LogP contribution in [0.3, 0.4) is 0 Å². The first-order chi connectivity index (χ1) is 15.0. The Hall–Kier alpha value is -1.85. The molecule has 4 fully saturated rings. The number of hydrogen-bond acceptors (Lipinski definition) is 8. The van der Waals surface area contributed by atoms with Crippen molar-refractivity contribution in [2.45, 2.75) is 69.8 Å². The molecule has 5 rings (SSSR count). The molecule has 2 bridgehead atoms. The maximum absolute atomic E-state index is 14.2. The Morgan fingerprint density at radius 1 is 1.12 bits per heavy atom. The minimum absolute atomic E-state index is 0.121. The summed E-state index contributed by atoms with van der Waals surface area (Å²) < 4.78 is 63.2. The molecule has 5 aliphatic rings. The van der Waals surface area contributed by atoms with Gasteiger partial charge in [0, 0.05) is 18.3 Å². The molecular weight excluding hydrogens is 437 g/mol.